The second-order valence-electron chi connectivity index (χ2n) is 16.4. The second-order valence-corrected chi connectivity index (χ2v) is 17.9. The number of aromatic nitrogens is 4. The number of carbonyl (C=O) groups excluding carboxylic acids is 4. The summed E-state index contributed by atoms with van der Waals surface area (Å²) in [5.74, 6) is -6.99. The van der Waals surface area contributed by atoms with Crippen LogP contribution in [0, 0.1) is 0 Å². The van der Waals surface area contributed by atoms with E-state index in [0.29, 0.717) is 37.6 Å². The van der Waals surface area contributed by atoms with Gasteiger partial charge in [0.05, 0.1) is 70.5 Å². The van der Waals surface area contributed by atoms with Gasteiger partial charge in [-0.05, 0) is 69.5 Å². The van der Waals surface area contributed by atoms with Crippen molar-refractivity contribution in [3.05, 3.63) is 122 Å². The molecule has 2 N–H and O–H groups in total. The number of benzene rings is 4. The molecule has 0 bridgehead atoms. The van der Waals surface area contributed by atoms with Gasteiger partial charge in [0.1, 0.15) is 70.0 Å². The average Bonchev–Trinajstić information content (AvgIpc) is 3.79. The smallest absolute Gasteiger partial charge is 0.258 e. The summed E-state index contributed by atoms with van der Waals surface area (Å²) in [7, 11) is 0. The van der Waals surface area contributed by atoms with E-state index in [-0.39, 0.29) is 158 Å². The van der Waals surface area contributed by atoms with Crippen LogP contribution in [0.1, 0.15) is 104 Å². The number of hydrogen-bond acceptors (Lipinski definition) is 16. The van der Waals surface area contributed by atoms with Gasteiger partial charge < -0.3 is 47.9 Å². The number of H-pyrrole nitrogens is 2. The van der Waals surface area contributed by atoms with Crippen molar-refractivity contribution < 1.29 is 57.1 Å². The molecule has 0 radical (unpaired) electrons. The first-order valence-electron chi connectivity index (χ1n) is 23.4. The zero-order valence-corrected chi connectivity index (χ0v) is 43.0. The number of nitrogens with zero attached hydrogens (tertiary/aromatic N) is 2. The number of ether oxygens (including phenoxy) is 8. The summed E-state index contributed by atoms with van der Waals surface area (Å²) >= 11 is 26.6. The molecule has 8 rings (SSSR count). The summed E-state index contributed by atoms with van der Waals surface area (Å²) < 4.78 is 45.0. The van der Waals surface area contributed by atoms with Gasteiger partial charge in [-0.2, -0.15) is 0 Å². The van der Waals surface area contributed by atoms with Gasteiger partial charge in [-0.3, -0.25) is 28.8 Å². The molecule has 384 valence electrons. The van der Waals surface area contributed by atoms with Crippen molar-refractivity contribution in [3.63, 3.8) is 0 Å². The Hall–Kier alpha value is -5.96. The fourth-order valence-electron chi connectivity index (χ4n) is 8.61. The molecule has 22 heteroatoms. The second kappa shape index (κ2) is 23.5. The van der Waals surface area contributed by atoms with Gasteiger partial charge in [-0.1, -0.05) is 58.5 Å². The molecule has 2 heterocycles. The molecule has 0 saturated carbocycles. The molecule has 0 fully saturated rings. The van der Waals surface area contributed by atoms with Crippen LogP contribution in [0.2, 0.25) is 20.1 Å². The molecular weight excluding hydrogens is 1030 g/mol. The molecule has 0 aliphatic heterocycles. The Labute approximate surface area is 436 Å². The van der Waals surface area contributed by atoms with Crippen LogP contribution in [0.5, 0.6) is 23.0 Å². The van der Waals surface area contributed by atoms with E-state index in [1.165, 1.54) is 0 Å². The highest BCUT2D eigenvalue weighted by molar-refractivity contribution is 6.47. The van der Waals surface area contributed by atoms with Crippen molar-refractivity contribution >= 4 is 91.3 Å². The van der Waals surface area contributed by atoms with Crippen molar-refractivity contribution in [1.82, 2.24) is 19.9 Å². The molecule has 18 nitrogen and oxygen atoms in total. The Morgan fingerprint density at radius 2 is 0.726 bits per heavy atom. The molecule has 0 spiro atoms. The third kappa shape index (κ3) is 10.6. The van der Waals surface area contributed by atoms with E-state index in [1.807, 2.05) is 27.7 Å². The highest BCUT2D eigenvalue weighted by Gasteiger charge is 2.49. The Morgan fingerprint density at radius 3 is 1.00 bits per heavy atom. The van der Waals surface area contributed by atoms with Crippen molar-refractivity contribution in [2.45, 2.75) is 46.0 Å². The summed E-state index contributed by atoms with van der Waals surface area (Å²) in [5.41, 5.74) is -0.197. The van der Waals surface area contributed by atoms with Crippen LogP contribution < -0.4 is 30.1 Å². The molecule has 0 amide bonds. The predicted molar refractivity (Wildman–Crippen MR) is 271 cm³/mol. The average molecular weight is 1080 g/mol. The summed E-state index contributed by atoms with van der Waals surface area (Å²) in [5, 5.41) is -0.239. The van der Waals surface area contributed by atoms with Gasteiger partial charge >= 0.3 is 0 Å². The number of nitrogens with one attached hydrogen (secondary N) is 2. The fourth-order valence-corrected chi connectivity index (χ4v) is 9.55. The number of halogens is 4. The minimum atomic E-state index is -1.59. The minimum Gasteiger partial charge on any atom is -0.489 e. The SMILES string of the molecule is CCOCCOc1c(Cl)c(Cl)c(OCCOCC)c2c1C(=O)C(c1nc3ccc(Cc4ccc5nc(C6C(=O)c7c(OCCOCC)c(Cl)c(Cl)c(OCCOCC)c7C6=O)[nH]c(=O)c5c4)cc3c(=O)[nH]1)C2=O. The topological polar surface area (TPSA) is 234 Å². The Kier molecular flexibility index (Phi) is 17.2. The first-order valence-corrected chi connectivity index (χ1v) is 24.9. The predicted octanol–water partition coefficient (Wildman–Crippen LogP) is 8.35. The number of aromatic amines is 2. The molecular formula is C51H48Cl4N4O14. The molecule has 6 aromatic rings. The van der Waals surface area contributed by atoms with Crippen LogP contribution in [0.4, 0.5) is 0 Å². The largest absolute Gasteiger partial charge is 0.489 e. The maximum Gasteiger partial charge on any atom is 0.258 e. The van der Waals surface area contributed by atoms with Crippen LogP contribution in [0.3, 0.4) is 0 Å². The van der Waals surface area contributed by atoms with Gasteiger partial charge in [0.2, 0.25) is 0 Å². The lowest BCUT2D eigenvalue weighted by Gasteiger charge is -2.17. The number of rotatable bonds is 24. The maximum atomic E-state index is 14.3. The molecule has 0 unspecified atom stereocenters. The van der Waals surface area contributed by atoms with E-state index in [2.05, 4.69) is 19.9 Å². The number of carbonyl (C=O) groups is 4. The quantitative estimate of drug-likeness (QED) is 0.0428. The van der Waals surface area contributed by atoms with E-state index < -0.39 is 46.1 Å². The summed E-state index contributed by atoms with van der Waals surface area (Å²) in [6.45, 7) is 9.49. The monoisotopic (exact) mass is 1080 g/mol. The summed E-state index contributed by atoms with van der Waals surface area (Å²) in [6.07, 6.45) is 0.234. The van der Waals surface area contributed by atoms with Crippen molar-refractivity contribution in [2.24, 2.45) is 0 Å². The summed E-state index contributed by atoms with van der Waals surface area (Å²) in [6, 6.07) is 9.82. The third-order valence-corrected chi connectivity index (χ3v) is 13.5. The zero-order chi connectivity index (χ0) is 52.1. The lowest BCUT2D eigenvalue weighted by molar-refractivity contribution is 0.0863. The van der Waals surface area contributed by atoms with Crippen molar-refractivity contribution in [1.29, 1.82) is 0 Å². The highest BCUT2D eigenvalue weighted by atomic mass is 35.5. The van der Waals surface area contributed by atoms with Gasteiger partial charge in [0, 0.05) is 26.4 Å². The number of fused-ring (bicyclic) bond motifs is 4. The molecule has 2 aromatic heterocycles. The Balaban J connectivity index is 1.06. The summed E-state index contributed by atoms with van der Waals surface area (Å²) in [4.78, 5) is 99.2. The van der Waals surface area contributed by atoms with Crippen molar-refractivity contribution in [3.8, 4) is 23.0 Å². The lowest BCUT2D eigenvalue weighted by atomic mass is 10.00. The number of ketones is 4. The van der Waals surface area contributed by atoms with Gasteiger partial charge in [0.15, 0.2) is 46.1 Å². The fraction of sp³-hybridized carbons (Fsp3) is 0.373. The number of Topliss-reactive ketones (excluding diaryl/α,β-unsaturated/α-hetero) is 4. The normalized spacial score (nSPS) is 13.7. The zero-order valence-electron chi connectivity index (χ0n) is 39.9. The lowest BCUT2D eigenvalue weighted by Crippen LogP contribution is -2.22. The van der Waals surface area contributed by atoms with Crippen LogP contribution in [0.25, 0.3) is 21.8 Å². The standard InChI is InChI=1S/C51H48Cl4N4O14/c1-5-66-13-17-70-44-30-31(45(37(53)36(44)52)71-18-14-67-6-2)41(61)34(40(30)60)48-56-28-11-9-24(22-26(28)50(64)58-48)21-25-10-12-29-27(23-25)51(65)59-49(57-29)35-42(62)32-33(43(35)63)47(73-20-16-69-8-4)39(55)38(54)46(32)72-19-15-68-7-3/h9-12,22-23,34-35H,5-8,13-21H2,1-4H3,(H,56,58,64)(H,57,59,65). The first kappa shape index (κ1) is 53.3. The third-order valence-electron chi connectivity index (χ3n) is 11.9. The molecule has 73 heavy (non-hydrogen) atoms. The van der Waals surface area contributed by atoms with Gasteiger partial charge in [0.25, 0.3) is 11.1 Å². The van der Waals surface area contributed by atoms with E-state index in [9.17, 15) is 28.8 Å². The molecule has 0 saturated heterocycles. The van der Waals surface area contributed by atoms with Crippen LogP contribution in [0.15, 0.2) is 46.0 Å². The Morgan fingerprint density at radius 1 is 0.438 bits per heavy atom. The molecule has 2 aliphatic carbocycles. The Bertz CT molecular complexity index is 2960. The first-order chi connectivity index (χ1) is 35.3. The van der Waals surface area contributed by atoms with E-state index in [1.54, 1.807) is 36.4 Å². The highest BCUT2D eigenvalue weighted by Crippen LogP contribution is 2.52. The maximum absolute atomic E-state index is 14.3. The van der Waals surface area contributed by atoms with E-state index in [4.69, 9.17) is 84.3 Å². The van der Waals surface area contributed by atoms with Gasteiger partial charge in [-0.25, -0.2) is 9.97 Å². The number of hydrogen-bond donors (Lipinski definition) is 2. The van der Waals surface area contributed by atoms with Crippen LogP contribution in [-0.2, 0) is 25.4 Å². The van der Waals surface area contributed by atoms with Crippen molar-refractivity contribution in [2.75, 3.05) is 79.3 Å². The van der Waals surface area contributed by atoms with E-state index in [0.717, 1.165) is 0 Å². The minimum absolute atomic E-state index is 0.0113. The molecule has 0 atom stereocenters. The van der Waals surface area contributed by atoms with Crippen LogP contribution >= 0.6 is 46.4 Å². The van der Waals surface area contributed by atoms with E-state index >= 15 is 0 Å². The van der Waals surface area contributed by atoms with Crippen LogP contribution in [-0.4, -0.2) is 122 Å². The van der Waals surface area contributed by atoms with Gasteiger partial charge in [-0.15, -0.1) is 0 Å². The molecule has 2 aliphatic rings. The molecule has 4 aromatic carbocycles.